The van der Waals surface area contributed by atoms with Gasteiger partial charge in [0.1, 0.15) is 0 Å². The molecule has 0 radical (unpaired) electrons. The Morgan fingerprint density at radius 3 is 2.00 bits per heavy atom. The molecule has 0 saturated heterocycles. The number of hydrogen-bond donors (Lipinski definition) is 0. The third-order valence-electron chi connectivity index (χ3n) is 0.952. The van der Waals surface area contributed by atoms with E-state index in [-0.39, 0.29) is 0 Å². The van der Waals surface area contributed by atoms with Gasteiger partial charge in [-0.15, -0.1) is 0 Å². The second kappa shape index (κ2) is 4.35. The summed E-state index contributed by atoms with van der Waals surface area (Å²) in [4.78, 5) is 10.3. The van der Waals surface area contributed by atoms with Crippen LogP contribution in [0.15, 0.2) is 0 Å². The third kappa shape index (κ3) is 4.02. The molecule has 0 amide bonds. The zero-order valence-electron chi connectivity index (χ0n) is 6.27. The quantitative estimate of drug-likeness (QED) is 0.518. The monoisotopic (exact) mass is 208 g/mol. The van der Waals surface area contributed by atoms with Gasteiger partial charge in [-0.25, -0.2) is 4.79 Å². The maximum atomic E-state index is 11.8. The average Bonchev–Trinajstić information content (AvgIpc) is 1.96. The summed E-state index contributed by atoms with van der Waals surface area (Å²) in [6.07, 6.45) is -8.44. The molecule has 0 aliphatic carbocycles. The summed E-state index contributed by atoms with van der Waals surface area (Å²) in [7, 11) is 0.635. The van der Waals surface area contributed by atoms with Crippen molar-refractivity contribution < 1.29 is 36.2 Å². The standard InChI is InChI=1S/C5H5F5O3/c1-12-3(11)2(5(8,9)10)13-4(6)7/h2,4H,1H3. The largest absolute Gasteiger partial charge is 0.467 e. The lowest BCUT2D eigenvalue weighted by Crippen LogP contribution is -2.41. The van der Waals surface area contributed by atoms with Gasteiger partial charge in [0, 0.05) is 0 Å². The van der Waals surface area contributed by atoms with Crippen LogP contribution in [0.1, 0.15) is 0 Å². The van der Waals surface area contributed by atoms with Crippen molar-refractivity contribution in [2.45, 2.75) is 18.9 Å². The molecule has 1 unspecified atom stereocenters. The highest BCUT2D eigenvalue weighted by Gasteiger charge is 2.48. The number of carbonyl (C=O) groups excluding carboxylic acids is 1. The first kappa shape index (κ1) is 12.1. The predicted molar refractivity (Wildman–Crippen MR) is 28.9 cm³/mol. The van der Waals surface area contributed by atoms with Crippen LogP contribution < -0.4 is 0 Å². The first-order valence-electron chi connectivity index (χ1n) is 2.87. The molecule has 0 aromatic rings. The fourth-order valence-corrected chi connectivity index (χ4v) is 0.476. The lowest BCUT2D eigenvalue weighted by Gasteiger charge is -2.17. The predicted octanol–water partition coefficient (Wildman–Crippen LogP) is 1.33. The van der Waals surface area contributed by atoms with Crippen LogP contribution in [0.5, 0.6) is 0 Å². The summed E-state index contributed by atoms with van der Waals surface area (Å²) < 4.78 is 64.7. The molecule has 1 atom stereocenters. The molecular formula is C5H5F5O3. The van der Waals surface area contributed by atoms with E-state index in [2.05, 4.69) is 9.47 Å². The number of carbonyl (C=O) groups is 1. The first-order valence-corrected chi connectivity index (χ1v) is 2.87. The van der Waals surface area contributed by atoms with Crippen molar-refractivity contribution in [1.29, 1.82) is 0 Å². The highest BCUT2D eigenvalue weighted by atomic mass is 19.4. The molecule has 0 saturated carbocycles. The summed E-state index contributed by atoms with van der Waals surface area (Å²) in [5, 5.41) is 0. The minimum absolute atomic E-state index is 0.635. The van der Waals surface area contributed by atoms with Crippen molar-refractivity contribution in [3.8, 4) is 0 Å². The second-order valence-corrected chi connectivity index (χ2v) is 1.84. The van der Waals surface area contributed by atoms with Crippen LogP contribution in [0.2, 0.25) is 0 Å². The Morgan fingerprint density at radius 2 is 1.77 bits per heavy atom. The molecule has 0 bridgehead atoms. The zero-order valence-corrected chi connectivity index (χ0v) is 6.27. The lowest BCUT2D eigenvalue weighted by molar-refractivity contribution is -0.272. The van der Waals surface area contributed by atoms with Crippen molar-refractivity contribution in [2.75, 3.05) is 7.11 Å². The molecule has 0 N–H and O–H groups in total. The van der Waals surface area contributed by atoms with E-state index in [0.717, 1.165) is 0 Å². The van der Waals surface area contributed by atoms with Crippen molar-refractivity contribution in [3.05, 3.63) is 0 Å². The van der Waals surface area contributed by atoms with Crippen LogP contribution in [-0.2, 0) is 14.3 Å². The summed E-state index contributed by atoms with van der Waals surface area (Å²) in [5.41, 5.74) is 0. The van der Waals surface area contributed by atoms with Crippen molar-refractivity contribution in [3.63, 3.8) is 0 Å². The van der Waals surface area contributed by atoms with E-state index >= 15 is 0 Å². The molecule has 0 aromatic heterocycles. The van der Waals surface area contributed by atoms with Gasteiger partial charge in [0.05, 0.1) is 7.11 Å². The Kier molecular flexibility index (Phi) is 4.05. The van der Waals surface area contributed by atoms with Gasteiger partial charge in [0.15, 0.2) is 0 Å². The molecule has 0 fully saturated rings. The van der Waals surface area contributed by atoms with Crippen molar-refractivity contribution >= 4 is 5.97 Å². The van der Waals surface area contributed by atoms with Gasteiger partial charge in [-0.1, -0.05) is 0 Å². The van der Waals surface area contributed by atoms with Crippen LogP contribution in [0.4, 0.5) is 22.0 Å². The highest BCUT2D eigenvalue weighted by Crippen LogP contribution is 2.25. The minimum atomic E-state index is -5.20. The number of hydrogen-bond acceptors (Lipinski definition) is 3. The molecule has 3 nitrogen and oxygen atoms in total. The fourth-order valence-electron chi connectivity index (χ4n) is 0.476. The van der Waals surface area contributed by atoms with Gasteiger partial charge < -0.3 is 4.74 Å². The second-order valence-electron chi connectivity index (χ2n) is 1.84. The van der Waals surface area contributed by atoms with Crippen LogP contribution in [0, 0.1) is 0 Å². The summed E-state index contributed by atoms with van der Waals surface area (Å²) in [6, 6.07) is 0. The van der Waals surface area contributed by atoms with E-state index < -0.39 is 24.9 Å². The van der Waals surface area contributed by atoms with Gasteiger partial charge in [0.2, 0.25) is 0 Å². The Morgan fingerprint density at radius 1 is 1.31 bits per heavy atom. The number of ether oxygens (including phenoxy) is 2. The van der Waals surface area contributed by atoms with Crippen molar-refractivity contribution in [1.82, 2.24) is 0 Å². The summed E-state index contributed by atoms with van der Waals surface area (Å²) in [5.74, 6) is -1.91. The maximum absolute atomic E-state index is 11.8. The van der Waals surface area contributed by atoms with E-state index in [1.165, 1.54) is 0 Å². The highest BCUT2D eigenvalue weighted by molar-refractivity contribution is 5.75. The van der Waals surface area contributed by atoms with Gasteiger partial charge in [-0.2, -0.15) is 22.0 Å². The molecule has 0 heterocycles. The summed E-state index contributed by atoms with van der Waals surface area (Å²) >= 11 is 0. The van der Waals surface area contributed by atoms with Crippen LogP contribution >= 0.6 is 0 Å². The minimum Gasteiger partial charge on any atom is -0.467 e. The van der Waals surface area contributed by atoms with Gasteiger partial charge in [-0.3, -0.25) is 4.74 Å². The Bertz CT molecular complexity index is 177. The number of rotatable bonds is 3. The van der Waals surface area contributed by atoms with Crippen LogP contribution in [-0.4, -0.2) is 32.0 Å². The first-order chi connectivity index (χ1) is 5.79. The van der Waals surface area contributed by atoms with Gasteiger partial charge in [-0.05, 0) is 0 Å². The van der Waals surface area contributed by atoms with E-state index in [1.54, 1.807) is 0 Å². The van der Waals surface area contributed by atoms with Gasteiger partial charge >= 0.3 is 18.8 Å². The average molecular weight is 208 g/mol. The Balaban J connectivity index is 4.47. The maximum Gasteiger partial charge on any atom is 0.425 e. The Labute approximate surface area is 69.4 Å². The van der Waals surface area contributed by atoms with E-state index in [9.17, 15) is 26.7 Å². The molecule has 13 heavy (non-hydrogen) atoms. The van der Waals surface area contributed by atoms with Crippen LogP contribution in [0.3, 0.4) is 0 Å². The number of methoxy groups -OCH3 is 1. The molecule has 0 rings (SSSR count). The number of halogens is 5. The van der Waals surface area contributed by atoms with E-state index in [4.69, 9.17) is 0 Å². The molecule has 0 spiro atoms. The topological polar surface area (TPSA) is 35.5 Å². The molecule has 0 aliphatic rings. The fraction of sp³-hybridized carbons (Fsp3) is 0.800. The van der Waals surface area contributed by atoms with Crippen LogP contribution in [0.25, 0.3) is 0 Å². The Hall–Kier alpha value is -0.920. The molecule has 0 aromatic carbocycles. The van der Waals surface area contributed by atoms with Crippen molar-refractivity contribution in [2.24, 2.45) is 0 Å². The molecule has 78 valence electrons. The SMILES string of the molecule is COC(=O)C(OC(F)F)C(F)(F)F. The zero-order chi connectivity index (χ0) is 10.6. The van der Waals surface area contributed by atoms with E-state index in [0.29, 0.717) is 7.11 Å². The lowest BCUT2D eigenvalue weighted by atomic mass is 10.3. The summed E-state index contributed by atoms with van der Waals surface area (Å²) in [6.45, 7) is -3.69. The number of esters is 1. The molecule has 8 heteroatoms. The smallest absolute Gasteiger partial charge is 0.425 e. The van der Waals surface area contributed by atoms with E-state index in [1.807, 2.05) is 0 Å². The van der Waals surface area contributed by atoms with Gasteiger partial charge in [0.25, 0.3) is 6.10 Å². The number of alkyl halides is 5. The third-order valence-corrected chi connectivity index (χ3v) is 0.952. The normalized spacial score (nSPS) is 14.4. The molecular weight excluding hydrogens is 203 g/mol. The molecule has 0 aliphatic heterocycles.